The quantitative estimate of drug-likeness (QED) is 0.686. The summed E-state index contributed by atoms with van der Waals surface area (Å²) in [6, 6.07) is 7.23. The highest BCUT2D eigenvalue weighted by molar-refractivity contribution is 5.73. The highest BCUT2D eigenvalue weighted by atomic mass is 19.1. The number of aromatic nitrogens is 3. The standard InChI is InChI=1S/C19H17F2N3/c1-11(2)19-23-17(13-6-8-22-9-7-13)12(3)18(24-19)15-5-4-14(20)10-16(15)21/h4-11H,1-3H3. The summed E-state index contributed by atoms with van der Waals surface area (Å²) in [6.07, 6.45) is 3.37. The van der Waals surface area contributed by atoms with Crippen molar-refractivity contribution in [3.05, 3.63) is 65.7 Å². The van der Waals surface area contributed by atoms with Gasteiger partial charge >= 0.3 is 0 Å². The van der Waals surface area contributed by atoms with Gasteiger partial charge in [-0.1, -0.05) is 13.8 Å². The third kappa shape index (κ3) is 3.02. The van der Waals surface area contributed by atoms with Crippen molar-refractivity contribution in [1.29, 1.82) is 0 Å². The number of benzene rings is 1. The summed E-state index contributed by atoms with van der Waals surface area (Å²) in [5, 5.41) is 0. The molecule has 5 heteroatoms. The van der Waals surface area contributed by atoms with Crippen molar-refractivity contribution in [2.75, 3.05) is 0 Å². The summed E-state index contributed by atoms with van der Waals surface area (Å²) in [4.78, 5) is 13.2. The van der Waals surface area contributed by atoms with Crippen molar-refractivity contribution in [1.82, 2.24) is 15.0 Å². The molecule has 0 atom stereocenters. The van der Waals surface area contributed by atoms with Gasteiger partial charge in [-0.2, -0.15) is 0 Å². The van der Waals surface area contributed by atoms with Gasteiger partial charge in [-0.05, 0) is 31.2 Å². The molecule has 24 heavy (non-hydrogen) atoms. The van der Waals surface area contributed by atoms with Crippen LogP contribution in [-0.2, 0) is 0 Å². The van der Waals surface area contributed by atoms with Gasteiger partial charge in [0.05, 0.1) is 11.4 Å². The molecule has 0 amide bonds. The molecule has 0 aliphatic rings. The van der Waals surface area contributed by atoms with Crippen LogP contribution in [0.1, 0.15) is 31.2 Å². The zero-order valence-electron chi connectivity index (χ0n) is 13.7. The molecule has 0 saturated carbocycles. The number of nitrogens with zero attached hydrogens (tertiary/aromatic N) is 3. The molecule has 0 aliphatic carbocycles. The van der Waals surface area contributed by atoms with Crippen molar-refractivity contribution in [3.63, 3.8) is 0 Å². The Morgan fingerprint density at radius 1 is 0.917 bits per heavy atom. The number of hydrogen-bond acceptors (Lipinski definition) is 3. The molecule has 3 rings (SSSR count). The summed E-state index contributed by atoms with van der Waals surface area (Å²) in [6.45, 7) is 5.80. The Balaban J connectivity index is 2.28. The molecular weight excluding hydrogens is 308 g/mol. The van der Waals surface area contributed by atoms with Gasteiger partial charge in [0.2, 0.25) is 0 Å². The Morgan fingerprint density at radius 3 is 2.21 bits per heavy atom. The summed E-state index contributed by atoms with van der Waals surface area (Å²) in [5.41, 5.74) is 3.12. The van der Waals surface area contributed by atoms with Crippen molar-refractivity contribution in [2.24, 2.45) is 0 Å². The molecule has 0 unspecified atom stereocenters. The van der Waals surface area contributed by atoms with Crippen LogP contribution >= 0.6 is 0 Å². The van der Waals surface area contributed by atoms with Gasteiger partial charge in [0, 0.05) is 41.1 Å². The van der Waals surface area contributed by atoms with Gasteiger partial charge in [0.25, 0.3) is 0 Å². The molecule has 3 nitrogen and oxygen atoms in total. The molecule has 2 aromatic heterocycles. The second-order valence-electron chi connectivity index (χ2n) is 5.92. The van der Waals surface area contributed by atoms with Crippen molar-refractivity contribution >= 4 is 0 Å². The van der Waals surface area contributed by atoms with Crippen LogP contribution in [0.5, 0.6) is 0 Å². The van der Waals surface area contributed by atoms with E-state index >= 15 is 0 Å². The van der Waals surface area contributed by atoms with E-state index in [-0.39, 0.29) is 11.5 Å². The van der Waals surface area contributed by atoms with Crippen LogP contribution in [0.4, 0.5) is 8.78 Å². The molecule has 0 saturated heterocycles. The molecule has 122 valence electrons. The highest BCUT2D eigenvalue weighted by Gasteiger charge is 2.18. The number of hydrogen-bond donors (Lipinski definition) is 0. The van der Waals surface area contributed by atoms with E-state index in [0.717, 1.165) is 22.9 Å². The van der Waals surface area contributed by atoms with Gasteiger partial charge < -0.3 is 0 Å². The average Bonchev–Trinajstić information content (AvgIpc) is 2.56. The maximum atomic E-state index is 14.3. The Labute approximate surface area is 139 Å². The van der Waals surface area contributed by atoms with Crippen molar-refractivity contribution < 1.29 is 8.78 Å². The lowest BCUT2D eigenvalue weighted by Crippen LogP contribution is -2.05. The Bertz CT molecular complexity index is 877. The zero-order valence-corrected chi connectivity index (χ0v) is 13.7. The lowest BCUT2D eigenvalue weighted by atomic mass is 10.0. The molecule has 0 spiro atoms. The third-order valence-corrected chi connectivity index (χ3v) is 3.82. The molecule has 0 aliphatic heterocycles. The highest BCUT2D eigenvalue weighted by Crippen LogP contribution is 2.32. The second-order valence-corrected chi connectivity index (χ2v) is 5.92. The van der Waals surface area contributed by atoms with Crippen LogP contribution in [0.15, 0.2) is 42.7 Å². The van der Waals surface area contributed by atoms with E-state index < -0.39 is 11.6 Å². The number of rotatable bonds is 3. The minimum absolute atomic E-state index is 0.0773. The average molecular weight is 325 g/mol. The smallest absolute Gasteiger partial charge is 0.135 e. The van der Waals surface area contributed by atoms with E-state index in [1.54, 1.807) is 12.4 Å². The van der Waals surface area contributed by atoms with Crippen LogP contribution < -0.4 is 0 Å². The number of halogens is 2. The maximum absolute atomic E-state index is 14.3. The summed E-state index contributed by atoms with van der Waals surface area (Å²) >= 11 is 0. The van der Waals surface area contributed by atoms with E-state index in [0.29, 0.717) is 11.5 Å². The summed E-state index contributed by atoms with van der Waals surface area (Å²) in [5.74, 6) is -0.548. The molecule has 3 aromatic rings. The van der Waals surface area contributed by atoms with Crippen molar-refractivity contribution in [2.45, 2.75) is 26.7 Å². The first-order valence-corrected chi connectivity index (χ1v) is 7.71. The molecule has 0 fully saturated rings. The van der Waals surface area contributed by atoms with Gasteiger partial charge in [0.15, 0.2) is 0 Å². The topological polar surface area (TPSA) is 38.7 Å². The first kappa shape index (κ1) is 16.2. The lowest BCUT2D eigenvalue weighted by Gasteiger charge is -2.15. The molecule has 0 bridgehead atoms. The second kappa shape index (κ2) is 6.43. The van der Waals surface area contributed by atoms with E-state index in [2.05, 4.69) is 15.0 Å². The fourth-order valence-corrected chi connectivity index (χ4v) is 2.53. The first-order chi connectivity index (χ1) is 11.5. The predicted octanol–water partition coefficient (Wildman–Crippen LogP) is 4.92. The monoisotopic (exact) mass is 325 g/mol. The maximum Gasteiger partial charge on any atom is 0.135 e. The first-order valence-electron chi connectivity index (χ1n) is 7.71. The Hall–Kier alpha value is -2.69. The van der Waals surface area contributed by atoms with Crippen LogP contribution in [0.2, 0.25) is 0 Å². The molecule has 0 N–H and O–H groups in total. The van der Waals surface area contributed by atoms with Gasteiger partial charge in [0.1, 0.15) is 17.5 Å². The van der Waals surface area contributed by atoms with E-state index in [9.17, 15) is 8.78 Å². The number of pyridine rings is 1. The van der Waals surface area contributed by atoms with Gasteiger partial charge in [-0.3, -0.25) is 4.98 Å². The summed E-state index contributed by atoms with van der Waals surface area (Å²) in [7, 11) is 0. The molecule has 0 radical (unpaired) electrons. The lowest BCUT2D eigenvalue weighted by molar-refractivity contribution is 0.585. The normalized spacial score (nSPS) is 11.1. The molecular formula is C19H17F2N3. The molecule has 1 aromatic carbocycles. The van der Waals surface area contributed by atoms with Gasteiger partial charge in [-0.25, -0.2) is 18.7 Å². The van der Waals surface area contributed by atoms with Crippen LogP contribution in [-0.4, -0.2) is 15.0 Å². The largest absolute Gasteiger partial charge is 0.265 e. The predicted molar refractivity (Wildman–Crippen MR) is 89.4 cm³/mol. The van der Waals surface area contributed by atoms with Gasteiger partial charge in [-0.15, -0.1) is 0 Å². The van der Waals surface area contributed by atoms with Crippen LogP contribution in [0.3, 0.4) is 0 Å². The van der Waals surface area contributed by atoms with E-state index in [4.69, 9.17) is 0 Å². The third-order valence-electron chi connectivity index (χ3n) is 3.82. The molecule has 2 heterocycles. The van der Waals surface area contributed by atoms with E-state index in [1.165, 1.54) is 12.1 Å². The fraction of sp³-hybridized carbons (Fsp3) is 0.211. The zero-order chi connectivity index (χ0) is 17.3. The minimum atomic E-state index is -0.632. The fourth-order valence-electron chi connectivity index (χ4n) is 2.53. The minimum Gasteiger partial charge on any atom is -0.265 e. The summed E-state index contributed by atoms with van der Waals surface area (Å²) < 4.78 is 27.5. The Morgan fingerprint density at radius 2 is 1.58 bits per heavy atom. The van der Waals surface area contributed by atoms with Crippen molar-refractivity contribution in [3.8, 4) is 22.5 Å². The Kier molecular flexibility index (Phi) is 4.34. The van der Waals surface area contributed by atoms with E-state index in [1.807, 2.05) is 32.9 Å². The van der Waals surface area contributed by atoms with Crippen LogP contribution in [0.25, 0.3) is 22.5 Å². The SMILES string of the molecule is Cc1c(-c2ccncc2)nc(C(C)C)nc1-c1ccc(F)cc1F. The van der Waals surface area contributed by atoms with Crippen LogP contribution in [0, 0.1) is 18.6 Å².